The molecule has 1 N–H and O–H groups in total. The number of aliphatic hydroxyl groups is 1. The van der Waals surface area contributed by atoms with Crippen LogP contribution in [0.5, 0.6) is 5.75 Å². The summed E-state index contributed by atoms with van der Waals surface area (Å²) in [6.07, 6.45) is -2.23. The monoisotopic (exact) mass is 202 g/mol. The summed E-state index contributed by atoms with van der Waals surface area (Å²) in [5.74, 6) is 0.177. The second kappa shape index (κ2) is 4.91. The number of ether oxygens (including phenoxy) is 1. The summed E-state index contributed by atoms with van der Waals surface area (Å²) in [5.41, 5.74) is 0.478. The summed E-state index contributed by atoms with van der Waals surface area (Å²) in [6.45, 7) is -0.0803. The van der Waals surface area contributed by atoms with Crippen molar-refractivity contribution in [3.05, 3.63) is 29.3 Å². The van der Waals surface area contributed by atoms with Crippen molar-refractivity contribution in [1.29, 1.82) is 0 Å². The van der Waals surface area contributed by atoms with Gasteiger partial charge in [-0.15, -0.1) is 0 Å². The van der Waals surface area contributed by atoms with Crippen LogP contribution in [0.15, 0.2) is 18.2 Å². The molecule has 1 rings (SSSR count). The van der Waals surface area contributed by atoms with E-state index in [1.165, 1.54) is 19.2 Å². The van der Waals surface area contributed by atoms with Gasteiger partial charge in [-0.1, -0.05) is 12.1 Å². The molecule has 0 saturated carbocycles. The van der Waals surface area contributed by atoms with Gasteiger partial charge in [0.05, 0.1) is 12.7 Å². The Hall–Kier alpha value is -1.16. The fourth-order valence-corrected chi connectivity index (χ4v) is 1.34. The van der Waals surface area contributed by atoms with Gasteiger partial charge < -0.3 is 9.84 Å². The van der Waals surface area contributed by atoms with Gasteiger partial charge in [-0.05, 0) is 18.1 Å². The maximum atomic E-state index is 12.5. The lowest BCUT2D eigenvalue weighted by Gasteiger charge is -2.11. The first-order valence-corrected chi connectivity index (χ1v) is 4.25. The van der Waals surface area contributed by atoms with Crippen molar-refractivity contribution in [2.45, 2.75) is 12.8 Å². The number of para-hydroxylation sites is 1. The van der Waals surface area contributed by atoms with Crippen LogP contribution in [0.3, 0.4) is 0 Å². The zero-order valence-electron chi connectivity index (χ0n) is 7.84. The lowest BCUT2D eigenvalue weighted by molar-refractivity contribution is 0.146. The van der Waals surface area contributed by atoms with Gasteiger partial charge in [-0.2, -0.15) is 0 Å². The van der Waals surface area contributed by atoms with Crippen LogP contribution < -0.4 is 4.74 Å². The molecule has 0 radical (unpaired) electrons. The SMILES string of the molecule is COc1c(CCO)cccc1C(F)F. The number of alkyl halides is 2. The Labute approximate surface area is 81.1 Å². The molecule has 0 fully saturated rings. The molecule has 1 aromatic rings. The topological polar surface area (TPSA) is 29.5 Å². The van der Waals surface area contributed by atoms with Gasteiger partial charge in [0.15, 0.2) is 0 Å². The van der Waals surface area contributed by atoms with Crippen LogP contribution in [0.1, 0.15) is 17.6 Å². The number of hydrogen-bond acceptors (Lipinski definition) is 2. The van der Waals surface area contributed by atoms with E-state index in [1.807, 2.05) is 0 Å². The van der Waals surface area contributed by atoms with E-state index in [4.69, 9.17) is 9.84 Å². The van der Waals surface area contributed by atoms with Crippen molar-refractivity contribution in [3.8, 4) is 5.75 Å². The Balaban J connectivity index is 3.11. The number of benzene rings is 1. The van der Waals surface area contributed by atoms with Gasteiger partial charge in [-0.25, -0.2) is 8.78 Å². The highest BCUT2D eigenvalue weighted by atomic mass is 19.3. The number of aliphatic hydroxyl groups excluding tert-OH is 1. The van der Waals surface area contributed by atoms with Gasteiger partial charge in [0, 0.05) is 6.61 Å². The second-order valence-electron chi connectivity index (χ2n) is 2.81. The van der Waals surface area contributed by atoms with E-state index in [0.717, 1.165) is 0 Å². The number of methoxy groups -OCH3 is 1. The Morgan fingerprint density at radius 3 is 2.64 bits per heavy atom. The summed E-state index contributed by atoms with van der Waals surface area (Å²) in [5, 5.41) is 8.73. The fraction of sp³-hybridized carbons (Fsp3) is 0.400. The zero-order valence-corrected chi connectivity index (χ0v) is 7.84. The van der Waals surface area contributed by atoms with Crippen LogP contribution in [-0.4, -0.2) is 18.8 Å². The highest BCUT2D eigenvalue weighted by molar-refractivity contribution is 5.42. The van der Waals surface area contributed by atoms with Crippen LogP contribution in [0, 0.1) is 0 Å². The van der Waals surface area contributed by atoms with E-state index >= 15 is 0 Å². The van der Waals surface area contributed by atoms with Crippen LogP contribution in [0.25, 0.3) is 0 Å². The standard InChI is InChI=1S/C10H12F2O2/c1-14-9-7(5-6-13)3-2-4-8(9)10(11)12/h2-4,10,13H,5-6H2,1H3. The maximum Gasteiger partial charge on any atom is 0.267 e. The van der Waals surface area contributed by atoms with E-state index in [2.05, 4.69) is 0 Å². The van der Waals surface area contributed by atoms with Gasteiger partial charge in [0.1, 0.15) is 5.75 Å². The molecule has 0 unspecified atom stereocenters. The molecule has 0 bridgehead atoms. The van der Waals surface area contributed by atoms with Crippen molar-refractivity contribution >= 4 is 0 Å². The Bertz CT molecular complexity index is 300. The Morgan fingerprint density at radius 1 is 1.43 bits per heavy atom. The Kier molecular flexibility index (Phi) is 3.83. The summed E-state index contributed by atoms with van der Waals surface area (Å²) >= 11 is 0. The number of rotatable bonds is 4. The summed E-state index contributed by atoms with van der Waals surface area (Å²) in [6, 6.07) is 4.53. The van der Waals surface area contributed by atoms with Crippen molar-refractivity contribution < 1.29 is 18.6 Å². The molecule has 0 spiro atoms. The molecule has 14 heavy (non-hydrogen) atoms. The minimum Gasteiger partial charge on any atom is -0.496 e. The summed E-state index contributed by atoms with van der Waals surface area (Å²) in [7, 11) is 1.35. The fourth-order valence-electron chi connectivity index (χ4n) is 1.34. The normalized spacial score (nSPS) is 10.6. The van der Waals surface area contributed by atoms with Crippen LogP contribution in [-0.2, 0) is 6.42 Å². The first kappa shape index (κ1) is 10.9. The predicted octanol–water partition coefficient (Wildman–Crippen LogP) is 2.17. The molecular formula is C10H12F2O2. The van der Waals surface area contributed by atoms with E-state index < -0.39 is 6.43 Å². The van der Waals surface area contributed by atoms with Crippen molar-refractivity contribution in [2.24, 2.45) is 0 Å². The van der Waals surface area contributed by atoms with Crippen LogP contribution in [0.2, 0.25) is 0 Å². The van der Waals surface area contributed by atoms with Gasteiger partial charge in [-0.3, -0.25) is 0 Å². The third-order valence-corrected chi connectivity index (χ3v) is 1.95. The molecule has 0 aromatic heterocycles. The molecule has 0 amide bonds. The summed E-state index contributed by atoms with van der Waals surface area (Å²) in [4.78, 5) is 0. The first-order valence-electron chi connectivity index (χ1n) is 4.25. The van der Waals surface area contributed by atoms with Gasteiger partial charge in [0.2, 0.25) is 0 Å². The van der Waals surface area contributed by atoms with E-state index in [0.29, 0.717) is 12.0 Å². The minimum absolute atomic E-state index is 0.0803. The molecule has 0 atom stereocenters. The molecule has 0 heterocycles. The largest absolute Gasteiger partial charge is 0.496 e. The quantitative estimate of drug-likeness (QED) is 0.810. The summed E-state index contributed by atoms with van der Waals surface area (Å²) < 4.78 is 29.9. The van der Waals surface area contributed by atoms with Crippen LogP contribution >= 0.6 is 0 Å². The van der Waals surface area contributed by atoms with E-state index in [9.17, 15) is 8.78 Å². The molecular weight excluding hydrogens is 190 g/mol. The van der Waals surface area contributed by atoms with Crippen molar-refractivity contribution in [2.75, 3.05) is 13.7 Å². The van der Waals surface area contributed by atoms with Crippen molar-refractivity contribution in [3.63, 3.8) is 0 Å². The van der Waals surface area contributed by atoms with E-state index in [1.54, 1.807) is 6.07 Å². The van der Waals surface area contributed by atoms with Gasteiger partial charge >= 0.3 is 0 Å². The van der Waals surface area contributed by atoms with Crippen LogP contribution in [0.4, 0.5) is 8.78 Å². The second-order valence-corrected chi connectivity index (χ2v) is 2.81. The lowest BCUT2D eigenvalue weighted by atomic mass is 10.1. The average molecular weight is 202 g/mol. The zero-order chi connectivity index (χ0) is 10.6. The molecule has 2 nitrogen and oxygen atoms in total. The maximum absolute atomic E-state index is 12.5. The van der Waals surface area contributed by atoms with E-state index in [-0.39, 0.29) is 17.9 Å². The smallest absolute Gasteiger partial charge is 0.267 e. The number of halogens is 2. The molecule has 1 aromatic carbocycles. The first-order chi connectivity index (χ1) is 6.70. The Morgan fingerprint density at radius 2 is 2.14 bits per heavy atom. The highest BCUT2D eigenvalue weighted by Crippen LogP contribution is 2.31. The lowest BCUT2D eigenvalue weighted by Crippen LogP contribution is -1.99. The molecule has 0 saturated heterocycles. The third-order valence-electron chi connectivity index (χ3n) is 1.95. The highest BCUT2D eigenvalue weighted by Gasteiger charge is 2.16. The molecule has 78 valence electrons. The van der Waals surface area contributed by atoms with Gasteiger partial charge in [0.25, 0.3) is 6.43 Å². The molecule has 0 aliphatic heterocycles. The van der Waals surface area contributed by atoms with Crippen molar-refractivity contribution in [1.82, 2.24) is 0 Å². The average Bonchev–Trinajstić information content (AvgIpc) is 2.18. The predicted molar refractivity (Wildman–Crippen MR) is 48.7 cm³/mol. The molecule has 4 heteroatoms. The molecule has 0 aliphatic carbocycles. The third kappa shape index (κ3) is 2.20. The minimum atomic E-state index is -2.55. The molecule has 0 aliphatic rings. The number of hydrogen-bond donors (Lipinski definition) is 1.